The largest absolute Gasteiger partial charge is 0.457 e. The molecule has 4 rings (SSSR count). The van der Waals surface area contributed by atoms with Crippen LogP contribution in [0.15, 0.2) is 88.8 Å². The van der Waals surface area contributed by atoms with E-state index in [1.54, 1.807) is 6.07 Å². The fourth-order valence-electron chi connectivity index (χ4n) is 3.15. The summed E-state index contributed by atoms with van der Waals surface area (Å²) in [5, 5.41) is 0. The lowest BCUT2D eigenvalue weighted by molar-refractivity contribution is 0.483. The number of guanidine groups is 2. The van der Waals surface area contributed by atoms with Gasteiger partial charge >= 0.3 is 0 Å². The van der Waals surface area contributed by atoms with Gasteiger partial charge < -0.3 is 21.1 Å². The molecule has 4 N–H and O–H groups in total. The Hall–Kier alpha value is -3.80. The van der Waals surface area contributed by atoms with E-state index in [0.717, 1.165) is 24.4 Å². The quantitative estimate of drug-likeness (QED) is 0.541. The molecule has 28 heavy (non-hydrogen) atoms. The fourth-order valence-corrected chi connectivity index (χ4v) is 3.15. The second kappa shape index (κ2) is 7.84. The average Bonchev–Trinajstić information content (AvgIpc) is 3.13. The molecule has 1 aliphatic heterocycles. The summed E-state index contributed by atoms with van der Waals surface area (Å²) in [5.74, 6) is 1.86. The van der Waals surface area contributed by atoms with Gasteiger partial charge in [0.15, 0.2) is 0 Å². The highest BCUT2D eigenvalue weighted by Crippen LogP contribution is 2.27. The topological polar surface area (TPSA) is 89.2 Å². The van der Waals surface area contributed by atoms with E-state index in [4.69, 9.17) is 16.2 Å². The van der Waals surface area contributed by atoms with Crippen LogP contribution in [0.5, 0.6) is 11.5 Å². The molecule has 0 bridgehead atoms. The molecule has 0 spiro atoms. The third-order valence-electron chi connectivity index (χ3n) is 4.43. The fraction of sp³-hybridized carbons (Fsp3) is 0.0909. The molecule has 0 saturated heterocycles. The van der Waals surface area contributed by atoms with Crippen LogP contribution in [0, 0.1) is 0 Å². The molecule has 140 valence electrons. The molecule has 1 aliphatic rings. The van der Waals surface area contributed by atoms with Crippen molar-refractivity contribution in [1.29, 1.82) is 0 Å². The van der Waals surface area contributed by atoms with Crippen LogP contribution in [0.1, 0.15) is 5.56 Å². The van der Waals surface area contributed by atoms with Gasteiger partial charge in [0.2, 0.25) is 11.9 Å². The molecule has 6 heteroatoms. The van der Waals surface area contributed by atoms with Gasteiger partial charge in [-0.1, -0.05) is 42.5 Å². The number of hydrogen-bond donors (Lipinski definition) is 2. The van der Waals surface area contributed by atoms with Crippen molar-refractivity contribution in [1.82, 2.24) is 0 Å². The molecular formula is C22H21N5O. The van der Waals surface area contributed by atoms with Crippen LogP contribution in [0.4, 0.5) is 11.4 Å². The predicted molar refractivity (Wildman–Crippen MR) is 113 cm³/mol. The van der Waals surface area contributed by atoms with E-state index in [9.17, 15) is 0 Å². The molecule has 0 unspecified atom stereocenters. The van der Waals surface area contributed by atoms with Crippen molar-refractivity contribution in [3.05, 3.63) is 84.4 Å². The molecule has 6 nitrogen and oxygen atoms in total. The van der Waals surface area contributed by atoms with Gasteiger partial charge in [-0.25, -0.2) is 4.99 Å². The number of aliphatic imine (C=N–C) groups is 2. The number of hydrogen-bond acceptors (Lipinski definition) is 2. The lowest BCUT2D eigenvalue weighted by atomic mass is 10.2. The summed E-state index contributed by atoms with van der Waals surface area (Å²) in [6.45, 7) is 0.780. The maximum Gasteiger partial charge on any atom is 0.223 e. The van der Waals surface area contributed by atoms with Crippen molar-refractivity contribution < 1.29 is 4.74 Å². The van der Waals surface area contributed by atoms with E-state index in [1.807, 2.05) is 71.6 Å². The van der Waals surface area contributed by atoms with Crippen molar-refractivity contribution >= 4 is 23.3 Å². The zero-order chi connectivity index (χ0) is 19.3. The summed E-state index contributed by atoms with van der Waals surface area (Å²) in [5.41, 5.74) is 15.1. The number of benzene rings is 3. The summed E-state index contributed by atoms with van der Waals surface area (Å²) in [7, 11) is 0. The Balaban J connectivity index is 1.51. The Morgan fingerprint density at radius 3 is 2.46 bits per heavy atom. The van der Waals surface area contributed by atoms with Gasteiger partial charge in [0.05, 0.1) is 5.69 Å². The molecule has 0 aliphatic carbocycles. The molecule has 1 heterocycles. The van der Waals surface area contributed by atoms with Crippen LogP contribution in [0.2, 0.25) is 0 Å². The molecule has 0 amide bonds. The first-order valence-electron chi connectivity index (χ1n) is 9.06. The van der Waals surface area contributed by atoms with Crippen molar-refractivity contribution in [2.75, 3.05) is 11.4 Å². The number of ether oxygens (including phenoxy) is 1. The van der Waals surface area contributed by atoms with E-state index >= 15 is 0 Å². The second-order valence-electron chi connectivity index (χ2n) is 6.38. The van der Waals surface area contributed by atoms with Gasteiger partial charge in [-0.2, -0.15) is 4.99 Å². The van der Waals surface area contributed by atoms with E-state index in [2.05, 4.69) is 16.1 Å². The minimum absolute atomic E-state index is 0.0961. The molecule has 0 fully saturated rings. The Bertz CT molecular complexity index is 1030. The first-order chi connectivity index (χ1) is 13.7. The summed E-state index contributed by atoms with van der Waals surface area (Å²) in [6, 6.07) is 25.1. The third kappa shape index (κ3) is 3.96. The molecule has 0 saturated carbocycles. The number of fused-ring (bicyclic) bond motifs is 1. The smallest absolute Gasteiger partial charge is 0.223 e. The monoisotopic (exact) mass is 371 g/mol. The summed E-state index contributed by atoms with van der Waals surface area (Å²) in [4.78, 5) is 10.6. The first-order valence-corrected chi connectivity index (χ1v) is 9.06. The molecular weight excluding hydrogens is 350 g/mol. The van der Waals surface area contributed by atoms with Gasteiger partial charge in [0.1, 0.15) is 11.5 Å². The number of nitrogens with two attached hydrogens (primary N) is 2. The highest BCUT2D eigenvalue weighted by molar-refractivity contribution is 6.03. The Labute approximate surface area is 163 Å². The van der Waals surface area contributed by atoms with E-state index in [0.29, 0.717) is 17.4 Å². The summed E-state index contributed by atoms with van der Waals surface area (Å²) >= 11 is 0. The maximum absolute atomic E-state index is 6.17. The molecule has 0 aromatic heterocycles. The summed E-state index contributed by atoms with van der Waals surface area (Å²) in [6.07, 6.45) is 0.933. The molecule has 3 aromatic carbocycles. The van der Waals surface area contributed by atoms with Crippen LogP contribution in [-0.2, 0) is 6.42 Å². The Morgan fingerprint density at radius 2 is 1.61 bits per heavy atom. The number of rotatable bonds is 3. The lowest BCUT2D eigenvalue weighted by Gasteiger charge is -2.17. The lowest BCUT2D eigenvalue weighted by Crippen LogP contribution is -2.37. The van der Waals surface area contributed by atoms with E-state index < -0.39 is 0 Å². The molecule has 0 radical (unpaired) electrons. The van der Waals surface area contributed by atoms with Crippen molar-refractivity contribution in [2.45, 2.75) is 6.42 Å². The maximum atomic E-state index is 6.17. The number of anilines is 1. The standard InChI is InChI=1S/C22H21N5O/c23-21(26-22(24)27-14-13-16-7-4-5-12-20(16)27)25-17-8-6-11-19(15-17)28-18-9-2-1-3-10-18/h1-12,15H,13-14H2,(H4,23,24,25,26). The number of nitrogens with zero attached hydrogens (tertiary/aromatic N) is 3. The Kier molecular flexibility index (Phi) is 4.93. The number of para-hydroxylation sites is 2. The van der Waals surface area contributed by atoms with Gasteiger partial charge in [0.25, 0.3) is 0 Å². The predicted octanol–water partition coefficient (Wildman–Crippen LogP) is 3.80. The van der Waals surface area contributed by atoms with E-state index in [1.165, 1.54) is 5.56 Å². The SMILES string of the molecule is NC(=Nc1cccc(Oc2ccccc2)c1)N=C(N)N1CCc2ccccc21. The second-order valence-corrected chi connectivity index (χ2v) is 6.38. The Morgan fingerprint density at radius 1 is 0.857 bits per heavy atom. The molecule has 3 aromatic rings. The highest BCUT2D eigenvalue weighted by atomic mass is 16.5. The zero-order valence-corrected chi connectivity index (χ0v) is 15.3. The van der Waals surface area contributed by atoms with Crippen LogP contribution >= 0.6 is 0 Å². The van der Waals surface area contributed by atoms with Crippen LogP contribution in [0.3, 0.4) is 0 Å². The first kappa shape index (κ1) is 17.6. The van der Waals surface area contributed by atoms with Crippen LogP contribution in [0.25, 0.3) is 0 Å². The van der Waals surface area contributed by atoms with Crippen LogP contribution in [-0.4, -0.2) is 18.5 Å². The minimum atomic E-state index is 0.0961. The van der Waals surface area contributed by atoms with Gasteiger partial charge in [0, 0.05) is 18.3 Å². The normalized spacial score (nSPS) is 14.1. The van der Waals surface area contributed by atoms with Gasteiger partial charge in [-0.3, -0.25) is 0 Å². The van der Waals surface area contributed by atoms with Crippen molar-refractivity contribution in [3.8, 4) is 11.5 Å². The van der Waals surface area contributed by atoms with Gasteiger partial charge in [-0.05, 0) is 42.3 Å². The van der Waals surface area contributed by atoms with Crippen molar-refractivity contribution in [3.63, 3.8) is 0 Å². The average molecular weight is 371 g/mol. The summed E-state index contributed by atoms with van der Waals surface area (Å²) < 4.78 is 5.82. The zero-order valence-electron chi connectivity index (χ0n) is 15.3. The van der Waals surface area contributed by atoms with E-state index in [-0.39, 0.29) is 5.96 Å². The highest BCUT2D eigenvalue weighted by Gasteiger charge is 2.21. The van der Waals surface area contributed by atoms with Crippen LogP contribution < -0.4 is 21.1 Å². The molecule has 0 atom stereocenters. The van der Waals surface area contributed by atoms with Crippen molar-refractivity contribution in [2.24, 2.45) is 21.5 Å². The minimum Gasteiger partial charge on any atom is -0.457 e. The third-order valence-corrected chi connectivity index (χ3v) is 4.43. The van der Waals surface area contributed by atoms with Gasteiger partial charge in [-0.15, -0.1) is 0 Å².